The second-order valence-corrected chi connectivity index (χ2v) is 11.6. The van der Waals surface area contributed by atoms with Crippen LogP contribution in [0, 0.1) is 0 Å². The van der Waals surface area contributed by atoms with Crippen molar-refractivity contribution in [3.63, 3.8) is 0 Å². The number of hydrogen-bond acceptors (Lipinski definition) is 3. The summed E-state index contributed by atoms with van der Waals surface area (Å²) in [6.45, 7) is 0. The Balaban J connectivity index is 1.19. The largest absolute Gasteiger partial charge is 0.454 e. The summed E-state index contributed by atoms with van der Waals surface area (Å²) in [4.78, 5) is 7.15. The maximum absolute atomic E-state index is 6.40. The lowest BCUT2D eigenvalue weighted by atomic mass is 9.98. The van der Waals surface area contributed by atoms with Gasteiger partial charge < -0.3 is 9.32 Å². The molecule has 9 aromatic rings. The van der Waals surface area contributed by atoms with E-state index >= 15 is 0 Å². The zero-order valence-corrected chi connectivity index (χ0v) is 25.0. The standard InChI is InChI=1S/C43H28N2O/c1-2-9-29(10-3-1)30-17-21-34(22-18-30)45(35-23-19-32(20-24-35)38-16-8-13-31-11-4-6-14-37(31)38)36-25-26-41-40(27-36)42-43(46-41)39-15-7-5-12-33(39)28-44-42/h1-28H. The summed E-state index contributed by atoms with van der Waals surface area (Å²) >= 11 is 0. The van der Waals surface area contributed by atoms with Gasteiger partial charge in [-0.25, -0.2) is 0 Å². The van der Waals surface area contributed by atoms with E-state index in [2.05, 4.69) is 157 Å². The van der Waals surface area contributed by atoms with Crippen LogP contribution in [-0.4, -0.2) is 4.98 Å². The lowest BCUT2D eigenvalue weighted by Crippen LogP contribution is -2.09. The molecule has 0 atom stereocenters. The molecule has 3 heteroatoms. The molecule has 0 unspecified atom stereocenters. The molecule has 9 rings (SSSR count). The molecular formula is C43H28N2O. The van der Waals surface area contributed by atoms with Gasteiger partial charge in [-0.3, -0.25) is 4.98 Å². The van der Waals surface area contributed by atoms with Crippen molar-refractivity contribution in [2.75, 3.05) is 4.90 Å². The second-order valence-electron chi connectivity index (χ2n) is 11.6. The van der Waals surface area contributed by atoms with Gasteiger partial charge in [-0.05, 0) is 75.5 Å². The molecule has 0 aliphatic heterocycles. The first-order valence-corrected chi connectivity index (χ1v) is 15.5. The maximum atomic E-state index is 6.40. The topological polar surface area (TPSA) is 29.3 Å². The summed E-state index contributed by atoms with van der Waals surface area (Å²) in [5, 5.41) is 5.63. The molecule has 0 amide bonds. The van der Waals surface area contributed by atoms with Crippen molar-refractivity contribution in [2.24, 2.45) is 0 Å². The second kappa shape index (κ2) is 10.8. The van der Waals surface area contributed by atoms with Gasteiger partial charge in [-0.1, -0.05) is 121 Å². The number of nitrogens with zero attached hydrogens (tertiary/aromatic N) is 2. The SMILES string of the molecule is c1ccc(-c2ccc(N(c3ccc(-c4cccc5ccccc45)cc3)c3ccc4oc5c6ccccc6cnc5c4c3)cc2)cc1. The predicted octanol–water partition coefficient (Wildman–Crippen LogP) is 12.1. The van der Waals surface area contributed by atoms with Crippen molar-refractivity contribution < 1.29 is 4.42 Å². The molecule has 0 bridgehead atoms. The molecule has 0 radical (unpaired) electrons. The summed E-state index contributed by atoms with van der Waals surface area (Å²) in [5.74, 6) is 0. The number of benzene rings is 7. The number of furan rings is 1. The molecular weight excluding hydrogens is 560 g/mol. The highest BCUT2D eigenvalue weighted by Gasteiger charge is 2.18. The molecule has 2 heterocycles. The molecule has 0 fully saturated rings. The molecule has 46 heavy (non-hydrogen) atoms. The van der Waals surface area contributed by atoms with E-state index in [4.69, 9.17) is 9.40 Å². The van der Waals surface area contributed by atoms with Crippen molar-refractivity contribution in [2.45, 2.75) is 0 Å². The molecule has 0 saturated carbocycles. The first-order valence-electron chi connectivity index (χ1n) is 15.5. The minimum Gasteiger partial charge on any atom is -0.454 e. The first-order chi connectivity index (χ1) is 22.8. The third kappa shape index (κ3) is 4.41. The zero-order chi connectivity index (χ0) is 30.5. The predicted molar refractivity (Wildman–Crippen MR) is 192 cm³/mol. The van der Waals surface area contributed by atoms with Crippen LogP contribution in [0.5, 0.6) is 0 Å². The Kier molecular flexibility index (Phi) is 6.14. The van der Waals surface area contributed by atoms with E-state index in [1.807, 2.05) is 18.3 Å². The van der Waals surface area contributed by atoms with Gasteiger partial charge in [0, 0.05) is 39.4 Å². The van der Waals surface area contributed by atoms with E-state index in [9.17, 15) is 0 Å². The minimum absolute atomic E-state index is 0.823. The molecule has 0 saturated heterocycles. The fourth-order valence-corrected chi connectivity index (χ4v) is 6.62. The van der Waals surface area contributed by atoms with Crippen LogP contribution in [0.1, 0.15) is 0 Å². The average Bonchev–Trinajstić information content (AvgIpc) is 3.51. The highest BCUT2D eigenvalue weighted by Crippen LogP contribution is 2.41. The highest BCUT2D eigenvalue weighted by atomic mass is 16.3. The van der Waals surface area contributed by atoms with E-state index < -0.39 is 0 Å². The Labute approximate surface area is 266 Å². The van der Waals surface area contributed by atoms with Gasteiger partial charge in [-0.2, -0.15) is 0 Å². The monoisotopic (exact) mass is 588 g/mol. The molecule has 0 aliphatic rings. The minimum atomic E-state index is 0.823. The van der Waals surface area contributed by atoms with Crippen LogP contribution in [0.4, 0.5) is 17.1 Å². The summed E-state index contributed by atoms with van der Waals surface area (Å²) in [6.07, 6.45) is 1.94. The van der Waals surface area contributed by atoms with Crippen molar-refractivity contribution in [3.05, 3.63) is 170 Å². The van der Waals surface area contributed by atoms with Crippen LogP contribution in [0.3, 0.4) is 0 Å². The Bertz CT molecular complexity index is 2510. The summed E-state index contributed by atoms with van der Waals surface area (Å²) in [5.41, 5.74) is 10.5. The average molecular weight is 589 g/mol. The van der Waals surface area contributed by atoms with Crippen LogP contribution in [-0.2, 0) is 0 Å². The quantitative estimate of drug-likeness (QED) is 0.200. The lowest BCUT2D eigenvalue weighted by Gasteiger charge is -2.26. The Hall–Kier alpha value is -6.19. The van der Waals surface area contributed by atoms with Crippen molar-refractivity contribution >= 4 is 60.7 Å². The van der Waals surface area contributed by atoms with Crippen molar-refractivity contribution in [3.8, 4) is 22.3 Å². The van der Waals surface area contributed by atoms with Gasteiger partial charge >= 0.3 is 0 Å². The van der Waals surface area contributed by atoms with E-state index in [0.29, 0.717) is 0 Å². The molecule has 0 N–H and O–H groups in total. The zero-order valence-electron chi connectivity index (χ0n) is 25.0. The van der Waals surface area contributed by atoms with Crippen molar-refractivity contribution in [1.82, 2.24) is 4.98 Å². The van der Waals surface area contributed by atoms with Crippen molar-refractivity contribution in [1.29, 1.82) is 0 Å². The molecule has 2 aromatic heterocycles. The number of pyridine rings is 1. The van der Waals surface area contributed by atoms with Crippen LogP contribution in [0.25, 0.3) is 65.9 Å². The third-order valence-electron chi connectivity index (χ3n) is 8.90. The third-order valence-corrected chi connectivity index (χ3v) is 8.90. The van der Waals surface area contributed by atoms with Gasteiger partial charge in [0.2, 0.25) is 0 Å². The van der Waals surface area contributed by atoms with Gasteiger partial charge in [0.15, 0.2) is 5.58 Å². The fraction of sp³-hybridized carbons (Fsp3) is 0. The van der Waals surface area contributed by atoms with E-state index in [-0.39, 0.29) is 0 Å². The lowest BCUT2D eigenvalue weighted by molar-refractivity contribution is 0.672. The summed E-state index contributed by atoms with van der Waals surface area (Å²) in [7, 11) is 0. The number of fused-ring (bicyclic) bond motifs is 6. The molecule has 3 nitrogen and oxygen atoms in total. The summed E-state index contributed by atoms with van der Waals surface area (Å²) < 4.78 is 6.40. The van der Waals surface area contributed by atoms with Gasteiger partial charge in [-0.15, -0.1) is 0 Å². The molecule has 0 aliphatic carbocycles. The molecule has 216 valence electrons. The smallest absolute Gasteiger partial charge is 0.161 e. The fourth-order valence-electron chi connectivity index (χ4n) is 6.62. The number of aromatic nitrogens is 1. The number of anilines is 3. The first kappa shape index (κ1) is 26.2. The van der Waals surface area contributed by atoms with Gasteiger partial charge in [0.1, 0.15) is 11.1 Å². The van der Waals surface area contributed by atoms with Crippen LogP contribution in [0.15, 0.2) is 174 Å². The van der Waals surface area contributed by atoms with Crippen LogP contribution in [0.2, 0.25) is 0 Å². The van der Waals surface area contributed by atoms with Crippen LogP contribution < -0.4 is 4.90 Å². The van der Waals surface area contributed by atoms with Crippen LogP contribution >= 0.6 is 0 Å². The Morgan fingerprint density at radius 1 is 0.435 bits per heavy atom. The number of hydrogen-bond donors (Lipinski definition) is 0. The van der Waals surface area contributed by atoms with Gasteiger partial charge in [0.05, 0.1) is 0 Å². The van der Waals surface area contributed by atoms with E-state index in [0.717, 1.165) is 49.9 Å². The van der Waals surface area contributed by atoms with Gasteiger partial charge in [0.25, 0.3) is 0 Å². The Morgan fingerprint density at radius 3 is 1.83 bits per heavy atom. The van der Waals surface area contributed by atoms with E-state index in [1.165, 1.54) is 33.0 Å². The van der Waals surface area contributed by atoms with E-state index in [1.54, 1.807) is 0 Å². The highest BCUT2D eigenvalue weighted by molar-refractivity contribution is 6.13. The number of rotatable bonds is 5. The molecule has 0 spiro atoms. The normalized spacial score (nSPS) is 11.5. The Morgan fingerprint density at radius 2 is 1.04 bits per heavy atom. The maximum Gasteiger partial charge on any atom is 0.161 e. The summed E-state index contributed by atoms with van der Waals surface area (Å²) in [6, 6.07) is 57.9. The molecule has 7 aromatic carbocycles.